The number of hydrogen-bond acceptors (Lipinski definition) is 7. The maximum atomic E-state index is 11.2. The summed E-state index contributed by atoms with van der Waals surface area (Å²) in [6.45, 7) is 0. The van der Waals surface area contributed by atoms with E-state index in [1.54, 1.807) is 0 Å². The number of amidine groups is 1. The predicted octanol–water partition coefficient (Wildman–Crippen LogP) is -0.454. The Balaban J connectivity index is 1.76. The summed E-state index contributed by atoms with van der Waals surface area (Å²) in [5.41, 5.74) is -0.409. The zero-order valence-corrected chi connectivity index (χ0v) is 10.3. The minimum atomic E-state index is -0.517. The lowest BCUT2D eigenvalue weighted by Gasteiger charge is -2.13. The van der Waals surface area contributed by atoms with Crippen LogP contribution < -0.4 is 11.2 Å². The molecule has 0 fully saturated rings. The zero-order valence-electron chi connectivity index (χ0n) is 9.53. The van der Waals surface area contributed by atoms with E-state index in [0.29, 0.717) is 17.3 Å². The van der Waals surface area contributed by atoms with Crippen LogP contribution in [0.2, 0.25) is 0 Å². The molecule has 0 bridgehead atoms. The standard InChI is InChI=1S/C10H8N6O2S/c17-6-1-5(15-10(18)16-6)2-19-9-7-8(12-3-11-7)13-4-14-9/h1,3-4,7H,2H2,(H2,15,16,17,18). The smallest absolute Gasteiger partial charge is 0.310 e. The maximum Gasteiger partial charge on any atom is 0.325 e. The highest BCUT2D eigenvalue weighted by Gasteiger charge is 2.26. The molecule has 0 amide bonds. The summed E-state index contributed by atoms with van der Waals surface area (Å²) in [7, 11) is 0. The molecule has 1 atom stereocenters. The Labute approximate surface area is 110 Å². The largest absolute Gasteiger partial charge is 0.325 e. The minimum absolute atomic E-state index is 0.260. The third-order valence-corrected chi connectivity index (χ3v) is 3.53. The monoisotopic (exact) mass is 276 g/mol. The molecule has 8 nitrogen and oxygen atoms in total. The molecule has 9 heteroatoms. The molecule has 0 saturated heterocycles. The summed E-state index contributed by atoms with van der Waals surface area (Å²) in [4.78, 5) is 43.3. The topological polar surface area (TPSA) is 115 Å². The van der Waals surface area contributed by atoms with E-state index in [1.807, 2.05) is 0 Å². The van der Waals surface area contributed by atoms with Gasteiger partial charge in [-0.3, -0.25) is 14.8 Å². The van der Waals surface area contributed by atoms with Crippen LogP contribution in [0.15, 0.2) is 35.6 Å². The van der Waals surface area contributed by atoms with Gasteiger partial charge in [-0.2, -0.15) is 0 Å². The molecule has 2 N–H and O–H groups in total. The number of aromatic nitrogens is 2. The van der Waals surface area contributed by atoms with Crippen LogP contribution >= 0.6 is 11.8 Å². The molecule has 96 valence electrons. The van der Waals surface area contributed by atoms with Gasteiger partial charge < -0.3 is 4.98 Å². The fraction of sp³-hybridized carbons (Fsp3) is 0.200. The van der Waals surface area contributed by atoms with Gasteiger partial charge in [0.25, 0.3) is 5.56 Å². The van der Waals surface area contributed by atoms with Crippen molar-refractivity contribution in [3.8, 4) is 0 Å². The lowest BCUT2D eigenvalue weighted by Crippen LogP contribution is -2.26. The van der Waals surface area contributed by atoms with Crippen molar-refractivity contribution in [1.29, 1.82) is 0 Å². The van der Waals surface area contributed by atoms with E-state index in [2.05, 4.69) is 29.9 Å². The third-order valence-electron chi connectivity index (χ3n) is 2.45. The number of rotatable bonds is 2. The van der Waals surface area contributed by atoms with Crippen molar-refractivity contribution in [3.05, 3.63) is 32.6 Å². The Morgan fingerprint density at radius 1 is 1.21 bits per heavy atom. The van der Waals surface area contributed by atoms with E-state index in [4.69, 9.17) is 0 Å². The quantitative estimate of drug-likeness (QED) is 0.761. The molecule has 2 aliphatic heterocycles. The predicted molar refractivity (Wildman–Crippen MR) is 74.6 cm³/mol. The van der Waals surface area contributed by atoms with E-state index >= 15 is 0 Å². The van der Waals surface area contributed by atoms with Gasteiger partial charge in [0.1, 0.15) is 17.7 Å². The first-order chi connectivity index (χ1) is 9.22. The lowest BCUT2D eigenvalue weighted by atomic mass is 10.3. The van der Waals surface area contributed by atoms with Gasteiger partial charge in [-0.05, 0) is 0 Å². The first-order valence-corrected chi connectivity index (χ1v) is 6.36. The molecule has 3 heterocycles. The van der Waals surface area contributed by atoms with Gasteiger partial charge in [0.15, 0.2) is 11.9 Å². The van der Waals surface area contributed by atoms with Crippen LogP contribution in [0.3, 0.4) is 0 Å². The Hall–Kier alpha value is -2.29. The summed E-state index contributed by atoms with van der Waals surface area (Å²) >= 11 is 1.39. The van der Waals surface area contributed by atoms with Crippen LogP contribution in [-0.2, 0) is 5.75 Å². The van der Waals surface area contributed by atoms with Crippen molar-refractivity contribution in [1.82, 2.24) is 9.97 Å². The van der Waals surface area contributed by atoms with Crippen LogP contribution in [0.25, 0.3) is 0 Å². The number of nitrogens with zero attached hydrogens (tertiary/aromatic N) is 4. The second-order valence-corrected chi connectivity index (χ2v) is 4.76. The van der Waals surface area contributed by atoms with Gasteiger partial charge in [0, 0.05) is 17.5 Å². The van der Waals surface area contributed by atoms with Crippen molar-refractivity contribution in [3.63, 3.8) is 0 Å². The van der Waals surface area contributed by atoms with Gasteiger partial charge in [-0.15, -0.1) is 11.8 Å². The summed E-state index contributed by atoms with van der Waals surface area (Å²) < 4.78 is 0. The van der Waals surface area contributed by atoms with E-state index in [0.717, 1.165) is 5.04 Å². The van der Waals surface area contributed by atoms with Crippen molar-refractivity contribution >= 4 is 35.3 Å². The number of hydrogen-bond donors (Lipinski definition) is 2. The molecule has 0 aliphatic carbocycles. The molecule has 2 aliphatic rings. The average molecular weight is 276 g/mol. The van der Waals surface area contributed by atoms with E-state index in [1.165, 1.54) is 30.5 Å². The van der Waals surface area contributed by atoms with E-state index in [-0.39, 0.29) is 6.04 Å². The molecule has 0 spiro atoms. The zero-order chi connectivity index (χ0) is 13.2. The summed E-state index contributed by atoms with van der Waals surface area (Å²) in [5, 5.41) is 0.739. The van der Waals surface area contributed by atoms with Gasteiger partial charge in [0.05, 0.1) is 0 Å². The number of thioether (sulfide) groups is 1. The number of H-pyrrole nitrogens is 2. The molecule has 0 radical (unpaired) electrons. The third kappa shape index (κ3) is 2.45. The fourth-order valence-electron chi connectivity index (χ4n) is 1.66. The Morgan fingerprint density at radius 3 is 2.95 bits per heavy atom. The van der Waals surface area contributed by atoms with Crippen molar-refractivity contribution < 1.29 is 0 Å². The first kappa shape index (κ1) is 11.8. The van der Waals surface area contributed by atoms with Crippen molar-refractivity contribution in [2.45, 2.75) is 11.8 Å². The molecule has 0 aromatic carbocycles. The normalized spacial score (nSPS) is 20.1. The van der Waals surface area contributed by atoms with Crippen LogP contribution in [0, 0.1) is 0 Å². The minimum Gasteiger partial charge on any atom is -0.310 e. The second kappa shape index (κ2) is 4.76. The number of fused-ring (bicyclic) bond motifs is 1. The van der Waals surface area contributed by atoms with Gasteiger partial charge in [-0.25, -0.2) is 19.8 Å². The first-order valence-electron chi connectivity index (χ1n) is 5.37. The Kier molecular flexibility index (Phi) is 2.95. The number of aromatic amines is 2. The van der Waals surface area contributed by atoms with E-state index in [9.17, 15) is 9.59 Å². The van der Waals surface area contributed by atoms with E-state index < -0.39 is 11.2 Å². The van der Waals surface area contributed by atoms with Crippen LogP contribution in [0.1, 0.15) is 5.69 Å². The Bertz CT molecular complexity index is 713. The highest BCUT2D eigenvalue weighted by atomic mass is 32.2. The molecular weight excluding hydrogens is 268 g/mol. The molecule has 3 rings (SSSR count). The summed E-state index contributed by atoms with van der Waals surface area (Å²) in [5.74, 6) is 1.03. The molecule has 1 unspecified atom stereocenters. The van der Waals surface area contributed by atoms with Crippen LogP contribution in [-0.4, -0.2) is 39.6 Å². The highest BCUT2D eigenvalue weighted by Crippen LogP contribution is 2.20. The molecule has 1 aromatic rings. The fourth-order valence-corrected chi connectivity index (χ4v) is 2.56. The maximum absolute atomic E-state index is 11.2. The molecule has 19 heavy (non-hydrogen) atoms. The lowest BCUT2D eigenvalue weighted by molar-refractivity contribution is 0.987. The van der Waals surface area contributed by atoms with Gasteiger partial charge in [-0.1, -0.05) is 0 Å². The van der Waals surface area contributed by atoms with Gasteiger partial charge >= 0.3 is 5.69 Å². The van der Waals surface area contributed by atoms with Crippen LogP contribution in [0.5, 0.6) is 0 Å². The number of aliphatic imine (C=N–C) groups is 4. The molecule has 0 saturated carbocycles. The summed E-state index contributed by atoms with van der Waals surface area (Å²) in [6.07, 6.45) is 2.88. The van der Waals surface area contributed by atoms with Gasteiger partial charge in [0.2, 0.25) is 0 Å². The molecule has 1 aromatic heterocycles. The number of nitrogens with one attached hydrogen (secondary N) is 2. The van der Waals surface area contributed by atoms with Crippen molar-refractivity contribution in [2.75, 3.05) is 0 Å². The van der Waals surface area contributed by atoms with Crippen molar-refractivity contribution in [2.24, 2.45) is 20.0 Å². The van der Waals surface area contributed by atoms with Crippen LogP contribution in [0.4, 0.5) is 0 Å². The SMILES string of the molecule is O=c1cc(CSC2=NC=NC3=NC=NC32)[nH]c(=O)[nH]1. The molecular formula is C10H8N6O2S. The average Bonchev–Trinajstić information content (AvgIpc) is 2.83. The Morgan fingerprint density at radius 2 is 2.11 bits per heavy atom. The summed E-state index contributed by atoms with van der Waals surface area (Å²) in [6, 6.07) is 1.09. The second-order valence-electron chi connectivity index (χ2n) is 3.77. The highest BCUT2D eigenvalue weighted by molar-refractivity contribution is 8.13.